The molecule has 1 aromatic carbocycles. The van der Waals surface area contributed by atoms with E-state index in [1.54, 1.807) is 18.2 Å². The lowest BCUT2D eigenvalue weighted by atomic mass is 10.1. The van der Waals surface area contributed by atoms with Crippen molar-refractivity contribution >= 4 is 11.7 Å². The van der Waals surface area contributed by atoms with E-state index in [0.29, 0.717) is 35.9 Å². The predicted molar refractivity (Wildman–Crippen MR) is 104 cm³/mol. The first-order valence-electron chi connectivity index (χ1n) is 9.36. The summed E-state index contributed by atoms with van der Waals surface area (Å²) in [6.45, 7) is 7.04. The van der Waals surface area contributed by atoms with Crippen LogP contribution in [0.25, 0.3) is 11.3 Å². The highest BCUT2D eigenvalue weighted by Crippen LogP contribution is 2.26. The van der Waals surface area contributed by atoms with Gasteiger partial charge in [-0.3, -0.25) is 4.79 Å². The van der Waals surface area contributed by atoms with Crippen molar-refractivity contribution in [3.63, 3.8) is 0 Å². The van der Waals surface area contributed by atoms with Gasteiger partial charge in [0.15, 0.2) is 0 Å². The van der Waals surface area contributed by atoms with Crippen molar-refractivity contribution in [3.05, 3.63) is 47.3 Å². The fraction of sp³-hybridized carbons (Fsp3) is 0.429. The van der Waals surface area contributed by atoms with E-state index in [0.717, 1.165) is 18.4 Å². The molecule has 1 fully saturated rings. The summed E-state index contributed by atoms with van der Waals surface area (Å²) in [5.41, 5.74) is 2.13. The molecular formula is C21H26FN3O2. The highest BCUT2D eigenvalue weighted by atomic mass is 19.1. The second-order valence-electron chi connectivity index (χ2n) is 7.27. The van der Waals surface area contributed by atoms with Gasteiger partial charge in [0.05, 0.1) is 5.69 Å². The quantitative estimate of drug-likeness (QED) is 0.836. The summed E-state index contributed by atoms with van der Waals surface area (Å²) in [4.78, 5) is 17.1. The predicted octanol–water partition coefficient (Wildman–Crippen LogP) is 3.93. The molecule has 3 rings (SSSR count). The van der Waals surface area contributed by atoms with E-state index in [2.05, 4.69) is 15.6 Å². The smallest absolute Gasteiger partial charge is 0.251 e. The first kappa shape index (κ1) is 19.3. The van der Waals surface area contributed by atoms with Crippen molar-refractivity contribution in [1.29, 1.82) is 0 Å². The Morgan fingerprint density at radius 3 is 2.63 bits per heavy atom. The van der Waals surface area contributed by atoms with E-state index < -0.39 is 0 Å². The van der Waals surface area contributed by atoms with Crippen molar-refractivity contribution in [3.8, 4) is 11.3 Å². The van der Waals surface area contributed by atoms with E-state index in [1.165, 1.54) is 6.07 Å². The van der Waals surface area contributed by atoms with Gasteiger partial charge in [-0.15, -0.1) is 0 Å². The number of halogens is 1. The Morgan fingerprint density at radius 2 is 1.96 bits per heavy atom. The first-order valence-corrected chi connectivity index (χ1v) is 9.36. The van der Waals surface area contributed by atoms with Crippen LogP contribution in [-0.4, -0.2) is 36.2 Å². The van der Waals surface area contributed by atoms with Gasteiger partial charge >= 0.3 is 0 Å². The average molecular weight is 371 g/mol. The van der Waals surface area contributed by atoms with Gasteiger partial charge in [-0.05, 0) is 63.4 Å². The number of aromatic nitrogens is 1. The average Bonchev–Trinajstić information content (AvgIpc) is 2.61. The highest BCUT2D eigenvalue weighted by molar-refractivity contribution is 5.96. The number of pyridine rings is 1. The maximum atomic E-state index is 14.5. The Kier molecular flexibility index (Phi) is 6.06. The molecule has 0 unspecified atom stereocenters. The second kappa shape index (κ2) is 8.48. The zero-order chi connectivity index (χ0) is 19.4. The Morgan fingerprint density at radius 1 is 1.22 bits per heavy atom. The number of hydrogen-bond acceptors (Lipinski definition) is 4. The number of anilines is 1. The lowest BCUT2D eigenvalue weighted by Crippen LogP contribution is -2.31. The zero-order valence-corrected chi connectivity index (χ0v) is 16.0. The molecule has 0 aliphatic carbocycles. The van der Waals surface area contributed by atoms with Gasteiger partial charge < -0.3 is 15.4 Å². The number of benzene rings is 1. The lowest BCUT2D eigenvalue weighted by molar-refractivity contribution is 0.0903. The number of ether oxygens (including phenoxy) is 1. The maximum Gasteiger partial charge on any atom is 0.251 e. The van der Waals surface area contributed by atoms with Crippen molar-refractivity contribution in [2.75, 3.05) is 18.5 Å². The normalized spacial score (nSPS) is 15.0. The summed E-state index contributed by atoms with van der Waals surface area (Å²) in [6, 6.07) is 8.62. The molecule has 2 aromatic rings. The summed E-state index contributed by atoms with van der Waals surface area (Å²) in [7, 11) is 0. The molecule has 6 heteroatoms. The zero-order valence-electron chi connectivity index (χ0n) is 16.0. The van der Waals surface area contributed by atoms with Crippen LogP contribution in [0.2, 0.25) is 0 Å². The van der Waals surface area contributed by atoms with Crippen LogP contribution in [-0.2, 0) is 4.74 Å². The Hall–Kier alpha value is -2.47. The number of carbonyl (C=O) groups excluding carboxylic acids is 1. The Labute approximate surface area is 159 Å². The largest absolute Gasteiger partial charge is 0.381 e. The second-order valence-corrected chi connectivity index (χ2v) is 7.27. The number of aryl methyl sites for hydroxylation is 1. The van der Waals surface area contributed by atoms with Crippen molar-refractivity contribution < 1.29 is 13.9 Å². The van der Waals surface area contributed by atoms with Gasteiger partial charge in [0.2, 0.25) is 0 Å². The van der Waals surface area contributed by atoms with Gasteiger partial charge in [0, 0.05) is 36.4 Å². The monoisotopic (exact) mass is 371 g/mol. The van der Waals surface area contributed by atoms with E-state index in [4.69, 9.17) is 4.74 Å². The van der Waals surface area contributed by atoms with Crippen LogP contribution < -0.4 is 10.6 Å². The number of amides is 1. The molecule has 1 aliphatic heterocycles. The minimum absolute atomic E-state index is 0.0112. The van der Waals surface area contributed by atoms with Crippen LogP contribution in [0.4, 0.5) is 10.2 Å². The minimum Gasteiger partial charge on any atom is -0.381 e. The standard InChI is InChI=1S/C21H26FN3O2/c1-13(2)23-21(26)15-11-19(17-5-4-14(3)10-18(17)22)25-20(12-15)24-16-6-8-27-9-7-16/h4-5,10-13,16H,6-9H2,1-3H3,(H,23,26)(H,24,25). The third-order valence-electron chi connectivity index (χ3n) is 4.48. The SMILES string of the molecule is Cc1ccc(-c2cc(C(=O)NC(C)C)cc(NC3CCOCC3)n2)c(F)c1. The van der Waals surface area contributed by atoms with Gasteiger partial charge in [-0.2, -0.15) is 0 Å². The fourth-order valence-electron chi connectivity index (χ4n) is 3.10. The molecule has 0 bridgehead atoms. The number of carbonyl (C=O) groups is 1. The van der Waals surface area contributed by atoms with E-state index >= 15 is 0 Å². The summed E-state index contributed by atoms with van der Waals surface area (Å²) in [5.74, 6) is 0.0328. The van der Waals surface area contributed by atoms with Crippen molar-refractivity contribution in [2.24, 2.45) is 0 Å². The van der Waals surface area contributed by atoms with Crippen molar-refractivity contribution in [1.82, 2.24) is 10.3 Å². The molecule has 1 aliphatic rings. The van der Waals surface area contributed by atoms with Gasteiger partial charge in [0.1, 0.15) is 11.6 Å². The van der Waals surface area contributed by atoms with Crippen LogP contribution in [0.3, 0.4) is 0 Å². The lowest BCUT2D eigenvalue weighted by Gasteiger charge is -2.24. The summed E-state index contributed by atoms with van der Waals surface area (Å²) in [6.07, 6.45) is 1.75. The molecule has 0 spiro atoms. The third-order valence-corrected chi connectivity index (χ3v) is 4.48. The molecule has 2 heterocycles. The molecule has 144 valence electrons. The number of nitrogens with one attached hydrogen (secondary N) is 2. The van der Waals surface area contributed by atoms with Crippen LogP contribution >= 0.6 is 0 Å². The molecule has 5 nitrogen and oxygen atoms in total. The molecule has 27 heavy (non-hydrogen) atoms. The minimum atomic E-state index is -0.346. The summed E-state index contributed by atoms with van der Waals surface area (Å²) in [5, 5.41) is 6.26. The Bertz CT molecular complexity index is 817. The van der Waals surface area contributed by atoms with E-state index in [9.17, 15) is 9.18 Å². The molecule has 2 N–H and O–H groups in total. The molecule has 0 saturated carbocycles. The van der Waals surface area contributed by atoms with Crippen LogP contribution in [0, 0.1) is 12.7 Å². The molecule has 1 aromatic heterocycles. The summed E-state index contributed by atoms with van der Waals surface area (Å²) >= 11 is 0. The van der Waals surface area contributed by atoms with Gasteiger partial charge in [0.25, 0.3) is 5.91 Å². The first-order chi connectivity index (χ1) is 12.9. The maximum absolute atomic E-state index is 14.5. The number of nitrogens with zero attached hydrogens (tertiary/aromatic N) is 1. The van der Waals surface area contributed by atoms with Crippen LogP contribution in [0.15, 0.2) is 30.3 Å². The molecule has 0 radical (unpaired) electrons. The van der Waals surface area contributed by atoms with Gasteiger partial charge in [-0.25, -0.2) is 9.37 Å². The fourth-order valence-corrected chi connectivity index (χ4v) is 3.10. The topological polar surface area (TPSA) is 63.2 Å². The van der Waals surface area contributed by atoms with E-state index in [1.807, 2.05) is 26.8 Å². The molecular weight excluding hydrogens is 345 g/mol. The van der Waals surface area contributed by atoms with Crippen molar-refractivity contribution in [2.45, 2.75) is 45.7 Å². The van der Waals surface area contributed by atoms with Crippen LogP contribution in [0.1, 0.15) is 42.6 Å². The molecule has 0 atom stereocenters. The summed E-state index contributed by atoms with van der Waals surface area (Å²) < 4.78 is 19.9. The van der Waals surface area contributed by atoms with Gasteiger partial charge in [-0.1, -0.05) is 6.07 Å². The number of rotatable bonds is 5. The van der Waals surface area contributed by atoms with Crippen LogP contribution in [0.5, 0.6) is 0 Å². The van der Waals surface area contributed by atoms with E-state index in [-0.39, 0.29) is 23.8 Å². The molecule has 1 amide bonds. The third kappa shape index (κ3) is 5.04. The molecule has 1 saturated heterocycles. The Balaban J connectivity index is 1.97. The highest BCUT2D eigenvalue weighted by Gasteiger charge is 2.18. The number of hydrogen-bond donors (Lipinski definition) is 2.